The van der Waals surface area contributed by atoms with Crippen molar-refractivity contribution in [3.8, 4) is 11.5 Å². The molecule has 0 bridgehead atoms. The molecular weight excluding hydrogens is 377 g/mol. The van der Waals surface area contributed by atoms with Crippen molar-refractivity contribution in [1.82, 2.24) is 5.32 Å². The molecule has 0 unspecified atom stereocenters. The summed E-state index contributed by atoms with van der Waals surface area (Å²) in [5, 5.41) is 3.96. The number of fused-ring (bicyclic) bond motifs is 1. The predicted octanol–water partition coefficient (Wildman–Crippen LogP) is 4.57. The van der Waals surface area contributed by atoms with Gasteiger partial charge in [-0.05, 0) is 51.8 Å². The number of hydrogen-bond acceptors (Lipinski definition) is 5. The lowest BCUT2D eigenvalue weighted by atomic mass is 10.0. The molecule has 0 radical (unpaired) electrons. The maximum atomic E-state index is 12.2. The average molecular weight is 406 g/mol. The van der Waals surface area contributed by atoms with E-state index in [2.05, 4.69) is 5.32 Å². The van der Waals surface area contributed by atoms with Crippen LogP contribution in [0.4, 0.5) is 0 Å². The number of esters is 1. The number of nitrogens with one attached hydrogen (secondary N) is 1. The van der Waals surface area contributed by atoms with Crippen LogP contribution in [-0.4, -0.2) is 36.8 Å². The van der Waals surface area contributed by atoms with Gasteiger partial charge in [-0.1, -0.05) is 19.0 Å². The average Bonchev–Trinajstić information content (AvgIpc) is 2.92. The van der Waals surface area contributed by atoms with Crippen LogP contribution in [0, 0.1) is 0 Å². The monoisotopic (exact) mass is 405 g/mol. The Bertz CT molecular complexity index is 602. The molecule has 0 fully saturated rings. The van der Waals surface area contributed by atoms with Crippen LogP contribution in [0.5, 0.6) is 11.5 Å². The molecule has 148 valence electrons. The highest BCUT2D eigenvalue weighted by Gasteiger charge is 2.23. The zero-order valence-corrected chi connectivity index (χ0v) is 16.4. The van der Waals surface area contributed by atoms with Crippen LogP contribution in [-0.2, 0) is 16.0 Å². The number of alkyl halides is 1. The topological polar surface area (TPSA) is 56.8 Å². The van der Waals surface area contributed by atoms with E-state index >= 15 is 0 Å². The van der Waals surface area contributed by atoms with E-state index in [1.54, 1.807) is 6.07 Å². The second-order valence-electron chi connectivity index (χ2n) is 6.99. The zero-order chi connectivity index (χ0) is 18.4. The minimum Gasteiger partial charge on any atom is -0.460 e. The Balaban J connectivity index is 0.00000338. The van der Waals surface area contributed by atoms with Crippen LogP contribution in [0.25, 0.3) is 0 Å². The fourth-order valence-electron chi connectivity index (χ4n) is 2.56. The normalized spacial score (nSPS) is 13.9. The first-order chi connectivity index (χ1) is 11.8. The quantitative estimate of drug-likeness (QED) is 0.390. The maximum absolute atomic E-state index is 12.2. The largest absolute Gasteiger partial charge is 0.460 e. The predicted molar refractivity (Wildman–Crippen MR) is 106 cm³/mol. The Morgan fingerprint density at radius 3 is 2.58 bits per heavy atom. The SMILES string of the molecule is C.CC(C)(C)OC(=O)C[C@@H](Cc1cc2c(cc1Cl)OCO2)NCCCCl. The molecule has 1 N–H and O–H groups in total. The minimum absolute atomic E-state index is 0. The first kappa shape index (κ1) is 22.9. The Morgan fingerprint density at radius 1 is 1.31 bits per heavy atom. The van der Waals surface area contributed by atoms with Gasteiger partial charge in [0.25, 0.3) is 0 Å². The number of halogens is 2. The Kier molecular flexibility index (Phi) is 9.01. The number of benzene rings is 1. The summed E-state index contributed by atoms with van der Waals surface area (Å²) in [5.41, 5.74) is 0.395. The van der Waals surface area contributed by atoms with Crippen molar-refractivity contribution in [1.29, 1.82) is 0 Å². The number of carbonyl (C=O) groups excluding carboxylic acids is 1. The molecule has 1 aromatic carbocycles. The molecule has 1 aliphatic rings. The Morgan fingerprint density at radius 2 is 1.96 bits per heavy atom. The van der Waals surface area contributed by atoms with Crippen molar-refractivity contribution >= 4 is 29.2 Å². The van der Waals surface area contributed by atoms with Gasteiger partial charge in [-0.3, -0.25) is 4.79 Å². The fraction of sp³-hybridized carbons (Fsp3) is 0.632. The van der Waals surface area contributed by atoms with E-state index < -0.39 is 5.60 Å². The summed E-state index contributed by atoms with van der Waals surface area (Å²) in [7, 11) is 0. The molecule has 26 heavy (non-hydrogen) atoms. The van der Waals surface area contributed by atoms with Gasteiger partial charge in [0.05, 0.1) is 6.42 Å². The van der Waals surface area contributed by atoms with Crippen LogP contribution in [0.2, 0.25) is 5.02 Å². The van der Waals surface area contributed by atoms with Gasteiger partial charge in [0.15, 0.2) is 11.5 Å². The summed E-state index contributed by atoms with van der Waals surface area (Å²) >= 11 is 12.1. The lowest BCUT2D eigenvalue weighted by molar-refractivity contribution is -0.155. The van der Waals surface area contributed by atoms with E-state index in [-0.39, 0.29) is 32.7 Å². The van der Waals surface area contributed by atoms with E-state index in [9.17, 15) is 4.79 Å². The van der Waals surface area contributed by atoms with Crippen molar-refractivity contribution < 1.29 is 19.0 Å². The first-order valence-electron chi connectivity index (χ1n) is 8.37. The van der Waals surface area contributed by atoms with Gasteiger partial charge >= 0.3 is 5.97 Å². The van der Waals surface area contributed by atoms with Crippen molar-refractivity contribution in [3.05, 3.63) is 22.7 Å². The van der Waals surface area contributed by atoms with E-state index in [1.807, 2.05) is 26.8 Å². The molecule has 1 aliphatic heterocycles. The second-order valence-corrected chi connectivity index (χ2v) is 7.77. The smallest absolute Gasteiger partial charge is 0.307 e. The summed E-state index contributed by atoms with van der Waals surface area (Å²) in [6.07, 6.45) is 1.66. The summed E-state index contributed by atoms with van der Waals surface area (Å²) in [6, 6.07) is 3.52. The summed E-state index contributed by atoms with van der Waals surface area (Å²) in [6.45, 7) is 6.49. The van der Waals surface area contributed by atoms with E-state index in [0.717, 1.165) is 18.5 Å². The molecule has 5 nitrogen and oxygen atoms in total. The minimum atomic E-state index is -0.506. The van der Waals surface area contributed by atoms with E-state index in [0.29, 0.717) is 28.8 Å². The highest BCUT2D eigenvalue weighted by molar-refractivity contribution is 6.31. The van der Waals surface area contributed by atoms with Gasteiger partial charge in [-0.15, -0.1) is 11.6 Å². The third kappa shape index (κ3) is 7.22. The van der Waals surface area contributed by atoms with Crippen molar-refractivity contribution in [2.24, 2.45) is 0 Å². The fourth-order valence-corrected chi connectivity index (χ4v) is 2.92. The molecular formula is C19H29Cl2NO4. The number of rotatable bonds is 8. The summed E-state index contributed by atoms with van der Waals surface area (Å²) in [5.74, 6) is 1.65. The maximum Gasteiger partial charge on any atom is 0.307 e. The van der Waals surface area contributed by atoms with Gasteiger partial charge in [0, 0.05) is 23.0 Å². The van der Waals surface area contributed by atoms with E-state index in [1.165, 1.54) is 0 Å². The highest BCUT2D eigenvalue weighted by Crippen LogP contribution is 2.37. The Labute approximate surface area is 166 Å². The number of carbonyl (C=O) groups is 1. The summed E-state index contributed by atoms with van der Waals surface area (Å²) in [4.78, 5) is 12.2. The van der Waals surface area contributed by atoms with Gasteiger partial charge in [0.2, 0.25) is 6.79 Å². The van der Waals surface area contributed by atoms with Crippen LogP contribution in [0.15, 0.2) is 12.1 Å². The third-order valence-electron chi connectivity index (χ3n) is 3.58. The van der Waals surface area contributed by atoms with Crippen molar-refractivity contribution in [2.75, 3.05) is 19.2 Å². The van der Waals surface area contributed by atoms with Gasteiger partial charge < -0.3 is 19.5 Å². The van der Waals surface area contributed by atoms with Gasteiger partial charge in [-0.25, -0.2) is 0 Å². The highest BCUT2D eigenvalue weighted by atomic mass is 35.5. The lowest BCUT2D eigenvalue weighted by Gasteiger charge is -2.23. The van der Waals surface area contributed by atoms with Crippen LogP contribution in [0.1, 0.15) is 46.6 Å². The van der Waals surface area contributed by atoms with Crippen molar-refractivity contribution in [3.63, 3.8) is 0 Å². The molecule has 0 aliphatic carbocycles. The molecule has 0 spiro atoms. The molecule has 7 heteroatoms. The molecule has 1 heterocycles. The molecule has 0 amide bonds. The molecule has 1 aromatic rings. The molecule has 0 saturated heterocycles. The second kappa shape index (κ2) is 10.2. The number of ether oxygens (including phenoxy) is 3. The Hall–Kier alpha value is -1.17. The van der Waals surface area contributed by atoms with Crippen LogP contribution < -0.4 is 14.8 Å². The third-order valence-corrected chi connectivity index (χ3v) is 4.20. The first-order valence-corrected chi connectivity index (χ1v) is 9.29. The van der Waals surface area contributed by atoms with Gasteiger partial charge in [0.1, 0.15) is 5.60 Å². The molecule has 0 aromatic heterocycles. The molecule has 1 atom stereocenters. The standard InChI is InChI=1S/C18H25Cl2NO4.CH4/c1-18(2,3)25-17(22)9-13(21-6-4-5-19)7-12-8-15-16(10-14(12)20)24-11-23-15;/h8,10,13,21H,4-7,9,11H2,1-3H3;1H4/t13-;/m1./s1. The van der Waals surface area contributed by atoms with Gasteiger partial charge in [-0.2, -0.15) is 0 Å². The van der Waals surface area contributed by atoms with Crippen LogP contribution in [0.3, 0.4) is 0 Å². The van der Waals surface area contributed by atoms with E-state index in [4.69, 9.17) is 37.4 Å². The molecule has 2 rings (SSSR count). The summed E-state index contributed by atoms with van der Waals surface area (Å²) < 4.78 is 16.2. The van der Waals surface area contributed by atoms with Crippen molar-refractivity contribution in [2.45, 2.75) is 59.1 Å². The number of hydrogen-bond donors (Lipinski definition) is 1. The lowest BCUT2D eigenvalue weighted by Crippen LogP contribution is -2.36. The molecule has 0 saturated carbocycles. The zero-order valence-electron chi connectivity index (χ0n) is 14.9. The van der Waals surface area contributed by atoms with Crippen LogP contribution >= 0.6 is 23.2 Å².